The number of urea groups is 1. The lowest BCUT2D eigenvalue weighted by Crippen LogP contribution is -2.29. The van der Waals surface area contributed by atoms with Gasteiger partial charge in [-0.05, 0) is 18.6 Å². The molecule has 4 heteroatoms. The van der Waals surface area contributed by atoms with Gasteiger partial charge >= 0.3 is 6.03 Å². The largest absolute Gasteiger partial charge is 0.397 e. The van der Waals surface area contributed by atoms with Crippen molar-refractivity contribution in [3.05, 3.63) is 24.3 Å². The third kappa shape index (κ3) is 7.02. The SMILES string of the molecule is CCCCCCCCCNC(=O)Nc1ccccc1N. The molecule has 0 bridgehead atoms. The standard InChI is InChI=1S/C16H27N3O/c1-2-3-4-5-6-7-10-13-18-16(20)19-15-12-9-8-11-14(15)17/h8-9,11-12H,2-7,10,13,17H2,1H3,(H2,18,19,20). The zero-order valence-corrected chi connectivity index (χ0v) is 12.5. The third-order valence-corrected chi connectivity index (χ3v) is 3.27. The van der Waals surface area contributed by atoms with Gasteiger partial charge in [-0.3, -0.25) is 0 Å². The Labute approximate surface area is 122 Å². The minimum Gasteiger partial charge on any atom is -0.397 e. The summed E-state index contributed by atoms with van der Waals surface area (Å²) in [5.74, 6) is 0. The fourth-order valence-corrected chi connectivity index (χ4v) is 2.06. The number of carbonyl (C=O) groups excluding carboxylic acids is 1. The first-order valence-corrected chi connectivity index (χ1v) is 7.63. The molecular formula is C16H27N3O. The number of nitrogens with one attached hydrogen (secondary N) is 2. The number of rotatable bonds is 9. The summed E-state index contributed by atoms with van der Waals surface area (Å²) < 4.78 is 0. The smallest absolute Gasteiger partial charge is 0.319 e. The predicted octanol–water partition coefficient (Wildman–Crippen LogP) is 4.14. The van der Waals surface area contributed by atoms with Crippen LogP contribution in [-0.4, -0.2) is 12.6 Å². The average molecular weight is 277 g/mol. The van der Waals surface area contributed by atoms with E-state index in [0.29, 0.717) is 17.9 Å². The van der Waals surface area contributed by atoms with Crippen LogP contribution >= 0.6 is 0 Å². The lowest BCUT2D eigenvalue weighted by atomic mass is 10.1. The van der Waals surface area contributed by atoms with Crippen molar-refractivity contribution in [3.63, 3.8) is 0 Å². The lowest BCUT2D eigenvalue weighted by molar-refractivity contribution is 0.252. The second-order valence-electron chi connectivity index (χ2n) is 5.09. The van der Waals surface area contributed by atoms with Gasteiger partial charge < -0.3 is 16.4 Å². The maximum Gasteiger partial charge on any atom is 0.319 e. The molecule has 1 aromatic carbocycles. The van der Waals surface area contributed by atoms with Crippen LogP contribution in [-0.2, 0) is 0 Å². The van der Waals surface area contributed by atoms with E-state index < -0.39 is 0 Å². The zero-order chi connectivity index (χ0) is 14.6. The van der Waals surface area contributed by atoms with Crippen LogP contribution < -0.4 is 16.4 Å². The van der Waals surface area contributed by atoms with Gasteiger partial charge in [0.1, 0.15) is 0 Å². The van der Waals surface area contributed by atoms with Crippen molar-refractivity contribution in [2.24, 2.45) is 0 Å². The molecule has 4 nitrogen and oxygen atoms in total. The number of nitrogens with two attached hydrogens (primary N) is 1. The summed E-state index contributed by atoms with van der Waals surface area (Å²) in [5.41, 5.74) is 7.00. The van der Waals surface area contributed by atoms with Gasteiger partial charge in [0.05, 0.1) is 11.4 Å². The van der Waals surface area contributed by atoms with Crippen LogP contribution in [0.5, 0.6) is 0 Å². The molecule has 0 saturated carbocycles. The molecule has 2 amide bonds. The normalized spacial score (nSPS) is 10.2. The Hall–Kier alpha value is -1.71. The van der Waals surface area contributed by atoms with Gasteiger partial charge in [-0.25, -0.2) is 4.79 Å². The number of hydrogen-bond acceptors (Lipinski definition) is 2. The van der Waals surface area contributed by atoms with E-state index in [2.05, 4.69) is 17.6 Å². The number of carbonyl (C=O) groups is 1. The minimum atomic E-state index is -0.186. The molecule has 0 aliphatic heterocycles. The number of benzene rings is 1. The molecule has 0 spiro atoms. The molecule has 20 heavy (non-hydrogen) atoms. The van der Waals surface area contributed by atoms with Crippen molar-refractivity contribution in [2.75, 3.05) is 17.6 Å². The van der Waals surface area contributed by atoms with Gasteiger partial charge in [-0.15, -0.1) is 0 Å². The van der Waals surface area contributed by atoms with E-state index in [-0.39, 0.29) is 6.03 Å². The Morgan fingerprint density at radius 1 is 1.05 bits per heavy atom. The highest BCUT2D eigenvalue weighted by Gasteiger charge is 2.02. The minimum absolute atomic E-state index is 0.186. The summed E-state index contributed by atoms with van der Waals surface area (Å²) in [5, 5.41) is 5.61. The van der Waals surface area contributed by atoms with Gasteiger partial charge in [0.25, 0.3) is 0 Å². The van der Waals surface area contributed by atoms with Crippen molar-refractivity contribution >= 4 is 17.4 Å². The topological polar surface area (TPSA) is 67.2 Å². The summed E-state index contributed by atoms with van der Waals surface area (Å²) in [6, 6.07) is 7.07. The monoisotopic (exact) mass is 277 g/mol. The molecule has 0 aliphatic carbocycles. The molecule has 0 radical (unpaired) electrons. The van der Waals surface area contributed by atoms with Gasteiger partial charge in [0, 0.05) is 6.54 Å². The molecule has 1 aromatic rings. The van der Waals surface area contributed by atoms with Gasteiger partial charge in [0.15, 0.2) is 0 Å². The quantitative estimate of drug-likeness (QED) is 0.469. The summed E-state index contributed by atoms with van der Waals surface area (Å²) >= 11 is 0. The maximum absolute atomic E-state index is 11.7. The van der Waals surface area contributed by atoms with Crippen LogP contribution in [0.3, 0.4) is 0 Å². The van der Waals surface area contributed by atoms with E-state index in [1.807, 2.05) is 12.1 Å². The van der Waals surface area contributed by atoms with E-state index in [9.17, 15) is 4.79 Å². The van der Waals surface area contributed by atoms with Crippen LogP contribution in [0.4, 0.5) is 16.2 Å². The molecule has 0 fully saturated rings. The third-order valence-electron chi connectivity index (χ3n) is 3.27. The molecule has 4 N–H and O–H groups in total. The molecule has 0 aromatic heterocycles. The fraction of sp³-hybridized carbons (Fsp3) is 0.562. The molecule has 0 unspecified atom stereocenters. The fourth-order valence-electron chi connectivity index (χ4n) is 2.06. The summed E-state index contributed by atoms with van der Waals surface area (Å²) in [6.07, 6.45) is 8.72. The van der Waals surface area contributed by atoms with Gasteiger partial charge in [-0.1, -0.05) is 57.6 Å². The van der Waals surface area contributed by atoms with Gasteiger partial charge in [0.2, 0.25) is 0 Å². The highest BCUT2D eigenvalue weighted by molar-refractivity contribution is 5.92. The second kappa shape index (κ2) is 10.1. The Morgan fingerprint density at radius 2 is 1.70 bits per heavy atom. The van der Waals surface area contributed by atoms with Crippen LogP contribution in [0.25, 0.3) is 0 Å². The molecule has 0 heterocycles. The summed E-state index contributed by atoms with van der Waals surface area (Å²) in [6.45, 7) is 2.94. The van der Waals surface area contributed by atoms with E-state index >= 15 is 0 Å². The highest BCUT2D eigenvalue weighted by Crippen LogP contribution is 2.16. The van der Waals surface area contributed by atoms with E-state index in [1.165, 1.54) is 38.5 Å². The van der Waals surface area contributed by atoms with Crippen molar-refractivity contribution < 1.29 is 4.79 Å². The highest BCUT2D eigenvalue weighted by atomic mass is 16.2. The maximum atomic E-state index is 11.7. The van der Waals surface area contributed by atoms with Crippen molar-refractivity contribution in [1.29, 1.82) is 0 Å². The van der Waals surface area contributed by atoms with Gasteiger partial charge in [-0.2, -0.15) is 0 Å². The summed E-state index contributed by atoms with van der Waals surface area (Å²) in [7, 11) is 0. The Balaban J connectivity index is 2.05. The van der Waals surface area contributed by atoms with Crippen molar-refractivity contribution in [3.8, 4) is 0 Å². The molecule has 112 valence electrons. The van der Waals surface area contributed by atoms with Crippen molar-refractivity contribution in [1.82, 2.24) is 5.32 Å². The lowest BCUT2D eigenvalue weighted by Gasteiger charge is -2.09. The molecule has 0 atom stereocenters. The van der Waals surface area contributed by atoms with E-state index in [1.54, 1.807) is 12.1 Å². The second-order valence-corrected chi connectivity index (χ2v) is 5.09. The number of amides is 2. The first-order chi connectivity index (χ1) is 9.74. The Bertz CT molecular complexity index is 393. The van der Waals surface area contributed by atoms with Crippen LogP contribution in [0, 0.1) is 0 Å². The van der Waals surface area contributed by atoms with Crippen LogP contribution in [0.15, 0.2) is 24.3 Å². The number of unbranched alkanes of at least 4 members (excludes halogenated alkanes) is 6. The average Bonchev–Trinajstić information content (AvgIpc) is 2.44. The predicted molar refractivity (Wildman–Crippen MR) is 85.9 cm³/mol. The molecule has 0 saturated heterocycles. The summed E-state index contributed by atoms with van der Waals surface area (Å²) in [4.78, 5) is 11.7. The number of anilines is 2. The van der Waals surface area contributed by atoms with Crippen LogP contribution in [0.2, 0.25) is 0 Å². The number of nitrogen functional groups attached to an aromatic ring is 1. The van der Waals surface area contributed by atoms with E-state index in [4.69, 9.17) is 5.73 Å². The van der Waals surface area contributed by atoms with E-state index in [0.717, 1.165) is 6.42 Å². The zero-order valence-electron chi connectivity index (χ0n) is 12.5. The first kappa shape index (κ1) is 16.3. The van der Waals surface area contributed by atoms with Crippen LogP contribution in [0.1, 0.15) is 51.9 Å². The Kier molecular flexibility index (Phi) is 8.27. The molecule has 0 aliphatic rings. The first-order valence-electron chi connectivity index (χ1n) is 7.63. The Morgan fingerprint density at radius 3 is 2.40 bits per heavy atom. The van der Waals surface area contributed by atoms with Crippen molar-refractivity contribution in [2.45, 2.75) is 51.9 Å². The number of hydrogen-bond donors (Lipinski definition) is 3. The molecular weight excluding hydrogens is 250 g/mol. The molecule has 1 rings (SSSR count). The number of para-hydroxylation sites is 2.